The molecule has 15 heavy (non-hydrogen) atoms. The van der Waals surface area contributed by atoms with Crippen LogP contribution in [0.2, 0.25) is 0 Å². The molecule has 1 aromatic rings. The first-order valence-corrected chi connectivity index (χ1v) is 4.92. The fourth-order valence-corrected chi connectivity index (χ4v) is 1.00. The van der Waals surface area contributed by atoms with Crippen LogP contribution in [0.1, 0.15) is 29.8 Å². The molecule has 0 aliphatic rings. The highest BCUT2D eigenvalue weighted by Crippen LogP contribution is 2.10. The lowest BCUT2D eigenvalue weighted by molar-refractivity contribution is 0.100. The minimum atomic E-state index is -0.425. The third-order valence-electron chi connectivity index (χ3n) is 1.80. The van der Waals surface area contributed by atoms with E-state index in [1.54, 1.807) is 25.2 Å². The Balaban J connectivity index is 0.000000921. The van der Waals surface area contributed by atoms with Crippen molar-refractivity contribution in [1.29, 1.82) is 0 Å². The van der Waals surface area contributed by atoms with E-state index in [0.717, 1.165) is 11.3 Å². The van der Waals surface area contributed by atoms with Gasteiger partial charge in [-0.1, -0.05) is 32.6 Å². The number of amides is 1. The molecule has 0 aliphatic carbocycles. The second-order valence-corrected chi connectivity index (χ2v) is 2.67. The highest BCUT2D eigenvalue weighted by Gasteiger charge is 2.01. The number of benzene rings is 1. The average Bonchev–Trinajstić information content (AvgIpc) is 2.30. The monoisotopic (exact) mass is 206 g/mol. The van der Waals surface area contributed by atoms with Gasteiger partial charge in [0.15, 0.2) is 0 Å². The maximum atomic E-state index is 10.8. The van der Waals surface area contributed by atoms with Gasteiger partial charge >= 0.3 is 0 Å². The van der Waals surface area contributed by atoms with Crippen molar-refractivity contribution in [2.24, 2.45) is 5.73 Å². The standard InChI is InChI=1S/C10H12N2O.C2H6/c1-7(12-2)8-4-3-5-9(6-8)10(11)13;1-2/h3-6,12H,1H2,2H3,(H2,11,13);1-2H3. The summed E-state index contributed by atoms with van der Waals surface area (Å²) in [6.07, 6.45) is 0. The third kappa shape index (κ3) is 3.85. The lowest BCUT2D eigenvalue weighted by Gasteiger charge is -2.05. The second kappa shape index (κ2) is 6.65. The molecule has 3 N–H and O–H groups in total. The molecule has 3 heteroatoms. The molecule has 0 heterocycles. The zero-order chi connectivity index (χ0) is 11.8. The van der Waals surface area contributed by atoms with Gasteiger partial charge < -0.3 is 11.1 Å². The summed E-state index contributed by atoms with van der Waals surface area (Å²) in [5, 5.41) is 2.90. The number of nitrogens with two attached hydrogens (primary N) is 1. The SMILES string of the molecule is C=C(NC)c1cccc(C(N)=O)c1.CC. The number of carbonyl (C=O) groups is 1. The summed E-state index contributed by atoms with van der Waals surface area (Å²) in [6, 6.07) is 7.03. The molecule has 1 rings (SSSR count). The van der Waals surface area contributed by atoms with Gasteiger partial charge in [-0.3, -0.25) is 4.79 Å². The van der Waals surface area contributed by atoms with Crippen molar-refractivity contribution in [2.75, 3.05) is 7.05 Å². The maximum absolute atomic E-state index is 10.8. The maximum Gasteiger partial charge on any atom is 0.248 e. The van der Waals surface area contributed by atoms with Crippen molar-refractivity contribution < 1.29 is 4.79 Å². The van der Waals surface area contributed by atoms with Crippen LogP contribution in [-0.2, 0) is 0 Å². The Bertz CT molecular complexity index is 345. The van der Waals surface area contributed by atoms with E-state index >= 15 is 0 Å². The Hall–Kier alpha value is -1.77. The van der Waals surface area contributed by atoms with E-state index in [1.807, 2.05) is 19.9 Å². The summed E-state index contributed by atoms with van der Waals surface area (Å²) in [5.74, 6) is -0.425. The van der Waals surface area contributed by atoms with E-state index in [9.17, 15) is 4.79 Å². The molecule has 0 spiro atoms. The van der Waals surface area contributed by atoms with Crippen molar-refractivity contribution in [3.05, 3.63) is 42.0 Å². The van der Waals surface area contributed by atoms with Crippen LogP contribution in [0.4, 0.5) is 0 Å². The molecule has 0 fully saturated rings. The quantitative estimate of drug-likeness (QED) is 0.794. The van der Waals surface area contributed by atoms with Crippen molar-refractivity contribution in [3.8, 4) is 0 Å². The summed E-state index contributed by atoms with van der Waals surface area (Å²) in [5.41, 5.74) is 7.27. The third-order valence-corrected chi connectivity index (χ3v) is 1.80. The lowest BCUT2D eigenvalue weighted by atomic mass is 10.1. The molecule has 82 valence electrons. The minimum absolute atomic E-state index is 0.425. The molecule has 0 saturated heterocycles. The zero-order valence-corrected chi connectivity index (χ0v) is 9.50. The Morgan fingerprint density at radius 2 is 1.87 bits per heavy atom. The molecule has 0 aliphatic heterocycles. The van der Waals surface area contributed by atoms with E-state index in [0.29, 0.717) is 5.56 Å². The van der Waals surface area contributed by atoms with Crippen LogP contribution in [0.3, 0.4) is 0 Å². The van der Waals surface area contributed by atoms with E-state index < -0.39 is 5.91 Å². The molecule has 0 atom stereocenters. The number of rotatable bonds is 3. The molecule has 3 nitrogen and oxygen atoms in total. The summed E-state index contributed by atoms with van der Waals surface area (Å²) < 4.78 is 0. The Kier molecular flexibility index (Phi) is 5.86. The molecular weight excluding hydrogens is 188 g/mol. The molecule has 0 bridgehead atoms. The molecule has 1 amide bonds. The fourth-order valence-electron chi connectivity index (χ4n) is 1.00. The van der Waals surface area contributed by atoms with Crippen molar-refractivity contribution in [2.45, 2.75) is 13.8 Å². The topological polar surface area (TPSA) is 55.1 Å². The lowest BCUT2D eigenvalue weighted by Crippen LogP contribution is -2.11. The number of hydrogen-bond acceptors (Lipinski definition) is 2. The Morgan fingerprint density at radius 1 is 1.33 bits per heavy atom. The minimum Gasteiger partial charge on any atom is -0.388 e. The Morgan fingerprint density at radius 3 is 2.33 bits per heavy atom. The van der Waals surface area contributed by atoms with Gasteiger partial charge in [-0.25, -0.2) is 0 Å². The molecule has 1 aromatic carbocycles. The van der Waals surface area contributed by atoms with Crippen LogP contribution in [0.15, 0.2) is 30.8 Å². The fraction of sp³-hybridized carbons (Fsp3) is 0.250. The molecular formula is C12H18N2O. The predicted octanol–water partition coefficient (Wildman–Crippen LogP) is 2.00. The van der Waals surface area contributed by atoms with Gasteiger partial charge in [0, 0.05) is 18.3 Å². The molecule has 0 unspecified atom stereocenters. The summed E-state index contributed by atoms with van der Waals surface area (Å²) in [4.78, 5) is 10.8. The zero-order valence-electron chi connectivity index (χ0n) is 9.50. The van der Waals surface area contributed by atoms with Gasteiger partial charge in [0.25, 0.3) is 0 Å². The van der Waals surface area contributed by atoms with Crippen LogP contribution < -0.4 is 11.1 Å². The van der Waals surface area contributed by atoms with Crippen LogP contribution in [0.25, 0.3) is 5.70 Å². The summed E-state index contributed by atoms with van der Waals surface area (Å²) in [7, 11) is 1.78. The van der Waals surface area contributed by atoms with Gasteiger partial charge in [0.1, 0.15) is 0 Å². The highest BCUT2D eigenvalue weighted by molar-refractivity contribution is 5.93. The van der Waals surface area contributed by atoms with Crippen LogP contribution >= 0.6 is 0 Å². The van der Waals surface area contributed by atoms with Gasteiger partial charge in [-0.05, 0) is 17.7 Å². The molecule has 0 radical (unpaired) electrons. The Labute approximate surface area is 91.0 Å². The van der Waals surface area contributed by atoms with E-state index in [-0.39, 0.29) is 0 Å². The van der Waals surface area contributed by atoms with Gasteiger partial charge in [-0.2, -0.15) is 0 Å². The van der Waals surface area contributed by atoms with Crippen molar-refractivity contribution in [3.63, 3.8) is 0 Å². The van der Waals surface area contributed by atoms with E-state index in [4.69, 9.17) is 5.73 Å². The average molecular weight is 206 g/mol. The van der Waals surface area contributed by atoms with Gasteiger partial charge in [0.2, 0.25) is 5.91 Å². The summed E-state index contributed by atoms with van der Waals surface area (Å²) >= 11 is 0. The molecule has 0 saturated carbocycles. The van der Waals surface area contributed by atoms with Crippen LogP contribution in [0, 0.1) is 0 Å². The largest absolute Gasteiger partial charge is 0.388 e. The predicted molar refractivity (Wildman–Crippen MR) is 64.4 cm³/mol. The first-order valence-electron chi connectivity index (χ1n) is 4.92. The van der Waals surface area contributed by atoms with E-state index in [1.165, 1.54) is 0 Å². The first-order chi connectivity index (χ1) is 7.15. The highest BCUT2D eigenvalue weighted by atomic mass is 16.1. The van der Waals surface area contributed by atoms with E-state index in [2.05, 4.69) is 11.9 Å². The second-order valence-electron chi connectivity index (χ2n) is 2.67. The molecule has 0 aromatic heterocycles. The van der Waals surface area contributed by atoms with Crippen LogP contribution in [0.5, 0.6) is 0 Å². The normalized spacial score (nSPS) is 8.47. The first kappa shape index (κ1) is 13.2. The van der Waals surface area contributed by atoms with Gasteiger partial charge in [-0.15, -0.1) is 0 Å². The van der Waals surface area contributed by atoms with Gasteiger partial charge in [0.05, 0.1) is 0 Å². The smallest absolute Gasteiger partial charge is 0.248 e. The number of hydrogen-bond donors (Lipinski definition) is 2. The van der Waals surface area contributed by atoms with Crippen molar-refractivity contribution >= 4 is 11.6 Å². The number of carbonyl (C=O) groups excluding carboxylic acids is 1. The number of nitrogens with one attached hydrogen (secondary N) is 1. The van der Waals surface area contributed by atoms with Crippen LogP contribution in [-0.4, -0.2) is 13.0 Å². The number of primary amides is 1. The van der Waals surface area contributed by atoms with Crippen molar-refractivity contribution in [1.82, 2.24) is 5.32 Å². The summed E-state index contributed by atoms with van der Waals surface area (Å²) in [6.45, 7) is 7.78.